The van der Waals surface area contributed by atoms with Crippen LogP contribution >= 0.6 is 0 Å². The van der Waals surface area contributed by atoms with Crippen LogP contribution < -0.4 is 20.7 Å². The van der Waals surface area contributed by atoms with Crippen LogP contribution in [0.15, 0.2) is 261 Å². The van der Waals surface area contributed by atoms with Crippen molar-refractivity contribution in [3.63, 3.8) is 0 Å². The largest absolute Gasteiger partial charge is 0.309 e. The molecule has 0 bridgehead atoms. The third kappa shape index (κ3) is 6.07. The number of fused-ring (bicyclic) bond motifs is 13. The second-order valence-corrected chi connectivity index (χ2v) is 23.3. The third-order valence-electron chi connectivity index (χ3n) is 15.5. The van der Waals surface area contributed by atoms with Crippen LogP contribution in [0.2, 0.25) is 0 Å². The normalized spacial score (nSPS) is 12.2. The summed E-state index contributed by atoms with van der Waals surface area (Å²) < 4.78 is 11.3. The molecule has 0 aliphatic carbocycles. The van der Waals surface area contributed by atoms with E-state index >= 15 is 0 Å². The van der Waals surface area contributed by atoms with E-state index < -0.39 is 8.07 Å². The molecule has 0 N–H and O–H groups in total. The highest BCUT2D eigenvalue weighted by Crippen LogP contribution is 2.36. The SMILES string of the molecule is c1ccc([Si](c2ccccc2)(c2ccccc2)c2ccc3nc4n(-c5cc(-n6c7ccccc7n7c8ccccc8nc67)nc(-c6cccc(-n7c8ccccc8c8ccccc87)c6)n5)c5ccccc5n4c3c2)cc1. The average Bonchev–Trinajstić information content (AvgIpc) is 4.36. The molecule has 10 heteroatoms. The molecule has 0 aliphatic rings. The lowest BCUT2D eigenvalue weighted by atomic mass is 10.1. The van der Waals surface area contributed by atoms with E-state index in [9.17, 15) is 0 Å². The second-order valence-electron chi connectivity index (χ2n) is 19.5. The molecule has 0 amide bonds. The molecule has 76 heavy (non-hydrogen) atoms. The number of imidazole rings is 4. The lowest BCUT2D eigenvalue weighted by molar-refractivity contribution is 0.969. The van der Waals surface area contributed by atoms with E-state index in [0.717, 1.165) is 78.0 Å². The van der Waals surface area contributed by atoms with E-state index in [1.165, 1.54) is 31.5 Å². The minimum absolute atomic E-state index is 0.570. The van der Waals surface area contributed by atoms with E-state index in [1.807, 2.05) is 6.07 Å². The Kier molecular flexibility index (Phi) is 9.15. The third-order valence-corrected chi connectivity index (χ3v) is 20.2. The molecular weight excluding hydrogens is 947 g/mol. The monoisotopic (exact) mass is 989 g/mol. The first-order valence-electron chi connectivity index (χ1n) is 25.6. The van der Waals surface area contributed by atoms with Crippen molar-refractivity contribution in [2.45, 2.75) is 0 Å². The maximum absolute atomic E-state index is 5.61. The summed E-state index contributed by atoms with van der Waals surface area (Å²) in [6, 6.07) is 93.5. The van der Waals surface area contributed by atoms with Gasteiger partial charge in [0.1, 0.15) is 11.6 Å². The van der Waals surface area contributed by atoms with Crippen molar-refractivity contribution in [3.8, 4) is 28.7 Å². The fourth-order valence-electron chi connectivity index (χ4n) is 12.3. The van der Waals surface area contributed by atoms with Crippen molar-refractivity contribution in [2.75, 3.05) is 0 Å². The van der Waals surface area contributed by atoms with Gasteiger partial charge in [-0.1, -0.05) is 182 Å². The van der Waals surface area contributed by atoms with Gasteiger partial charge in [0.05, 0.1) is 55.2 Å². The zero-order valence-corrected chi connectivity index (χ0v) is 41.9. The molecule has 6 aromatic heterocycles. The molecule has 0 fully saturated rings. The van der Waals surface area contributed by atoms with Crippen LogP contribution in [-0.4, -0.2) is 50.5 Å². The fourth-order valence-corrected chi connectivity index (χ4v) is 17.0. The topological polar surface area (TPSA) is 75.2 Å². The zero-order valence-electron chi connectivity index (χ0n) is 40.9. The Morgan fingerprint density at radius 2 is 0.724 bits per heavy atom. The zero-order chi connectivity index (χ0) is 49.9. The minimum atomic E-state index is -2.88. The number of benzene rings is 10. The van der Waals surface area contributed by atoms with Gasteiger partial charge in [0.15, 0.2) is 13.9 Å². The van der Waals surface area contributed by atoms with E-state index in [-0.39, 0.29) is 0 Å². The van der Waals surface area contributed by atoms with E-state index in [1.54, 1.807) is 0 Å². The molecule has 0 spiro atoms. The molecule has 0 radical (unpaired) electrons. The number of nitrogens with zero attached hydrogens (tertiary/aromatic N) is 9. The number of hydrogen-bond acceptors (Lipinski definition) is 4. The van der Waals surface area contributed by atoms with Crippen molar-refractivity contribution in [1.29, 1.82) is 0 Å². The van der Waals surface area contributed by atoms with Gasteiger partial charge >= 0.3 is 0 Å². The van der Waals surface area contributed by atoms with Crippen LogP contribution in [0.25, 0.3) is 106 Å². The highest BCUT2D eigenvalue weighted by Gasteiger charge is 2.42. The summed E-state index contributed by atoms with van der Waals surface area (Å²) in [6.45, 7) is 0. The Labute approximate surface area is 436 Å². The Morgan fingerprint density at radius 1 is 0.276 bits per heavy atom. The summed E-state index contributed by atoms with van der Waals surface area (Å²) in [5.41, 5.74) is 12.0. The molecule has 0 saturated heterocycles. The maximum Gasteiger partial charge on any atom is 0.221 e. The fraction of sp³-hybridized carbons (Fsp3) is 0. The molecule has 0 saturated carbocycles. The van der Waals surface area contributed by atoms with Gasteiger partial charge in [-0.3, -0.25) is 17.9 Å². The molecule has 16 aromatic rings. The molecule has 9 nitrogen and oxygen atoms in total. The summed E-state index contributed by atoms with van der Waals surface area (Å²) in [5, 5.41) is 7.62. The highest BCUT2D eigenvalue weighted by molar-refractivity contribution is 7.20. The second kappa shape index (κ2) is 16.4. The van der Waals surface area contributed by atoms with E-state index in [0.29, 0.717) is 17.5 Å². The number of rotatable bonds is 8. The first kappa shape index (κ1) is 42.4. The molecule has 0 unspecified atom stereocenters. The Morgan fingerprint density at radius 3 is 1.28 bits per heavy atom. The van der Waals surface area contributed by atoms with Gasteiger partial charge in [-0.05, 0) is 93.5 Å². The highest BCUT2D eigenvalue weighted by atomic mass is 28.3. The number of para-hydroxylation sites is 8. The maximum atomic E-state index is 5.61. The van der Waals surface area contributed by atoms with Crippen LogP contribution in [0.4, 0.5) is 0 Å². The van der Waals surface area contributed by atoms with Crippen molar-refractivity contribution in [2.24, 2.45) is 0 Å². The van der Waals surface area contributed by atoms with Gasteiger partial charge in [-0.25, -0.2) is 19.9 Å². The quantitative estimate of drug-likeness (QED) is 0.112. The van der Waals surface area contributed by atoms with E-state index in [4.69, 9.17) is 19.9 Å². The van der Waals surface area contributed by atoms with Crippen LogP contribution in [0.5, 0.6) is 0 Å². The number of aromatic nitrogens is 9. The van der Waals surface area contributed by atoms with Crippen LogP contribution in [0.3, 0.4) is 0 Å². The van der Waals surface area contributed by atoms with Crippen LogP contribution in [0.1, 0.15) is 0 Å². The molecule has 0 aliphatic heterocycles. The van der Waals surface area contributed by atoms with Crippen molar-refractivity contribution in [1.82, 2.24) is 42.4 Å². The van der Waals surface area contributed by atoms with Crippen molar-refractivity contribution >= 4 is 106 Å². The van der Waals surface area contributed by atoms with Gasteiger partial charge in [-0.15, -0.1) is 0 Å². The summed E-state index contributed by atoms with van der Waals surface area (Å²) in [4.78, 5) is 22.0. The Bertz CT molecular complexity index is 4800. The molecule has 10 aromatic carbocycles. The van der Waals surface area contributed by atoms with Gasteiger partial charge in [-0.2, -0.15) is 0 Å². The smallest absolute Gasteiger partial charge is 0.221 e. The van der Waals surface area contributed by atoms with Crippen molar-refractivity contribution < 1.29 is 0 Å². The van der Waals surface area contributed by atoms with Gasteiger partial charge < -0.3 is 4.57 Å². The molecule has 6 heterocycles. The van der Waals surface area contributed by atoms with Gasteiger partial charge in [0, 0.05) is 28.1 Å². The summed E-state index contributed by atoms with van der Waals surface area (Å²) in [5.74, 6) is 3.45. The standard InChI is InChI=1S/C66H43N9Si/c1-4-23-46(24-5-1)76(47-25-6-2-7-26-47,48-27-8-3-9-28-48)49-39-40-53-61(42-49)73-58-36-17-19-38-60(58)75(66(73)68-53)63-43-62(74-59-37-18-16-35-57(59)72-56-34-15-12-31-52(56)67-65(72)74)69-64(70-63)44-21-20-22-45(41-44)71-54-32-13-10-29-50(54)51-30-11-14-33-55(51)71/h1-43H. The summed E-state index contributed by atoms with van der Waals surface area (Å²) in [6.07, 6.45) is 0. The predicted octanol–water partition coefficient (Wildman–Crippen LogP) is 12.1. The van der Waals surface area contributed by atoms with Crippen LogP contribution in [-0.2, 0) is 0 Å². The molecule has 0 atom stereocenters. The van der Waals surface area contributed by atoms with Crippen LogP contribution in [0, 0.1) is 0 Å². The average molecular weight is 990 g/mol. The first-order chi connectivity index (χ1) is 37.7. The van der Waals surface area contributed by atoms with Crippen molar-refractivity contribution in [3.05, 3.63) is 261 Å². The van der Waals surface area contributed by atoms with E-state index in [2.05, 4.69) is 277 Å². The molecule has 356 valence electrons. The number of hydrogen-bond donors (Lipinski definition) is 0. The first-order valence-corrected chi connectivity index (χ1v) is 27.6. The molecular formula is C66H43N9Si. The minimum Gasteiger partial charge on any atom is -0.309 e. The predicted molar refractivity (Wildman–Crippen MR) is 312 cm³/mol. The van der Waals surface area contributed by atoms with Gasteiger partial charge in [0.25, 0.3) is 0 Å². The lowest BCUT2D eigenvalue weighted by Gasteiger charge is -2.34. The van der Waals surface area contributed by atoms with Gasteiger partial charge in [0.2, 0.25) is 11.6 Å². The Balaban J connectivity index is 0.974. The Hall–Kier alpha value is -10.2. The molecule has 16 rings (SSSR count). The summed E-state index contributed by atoms with van der Waals surface area (Å²) >= 11 is 0. The summed E-state index contributed by atoms with van der Waals surface area (Å²) in [7, 11) is -2.88. The lowest BCUT2D eigenvalue weighted by Crippen LogP contribution is -2.74.